The molecule has 2 atom stereocenters. The van der Waals surface area contributed by atoms with Crippen molar-refractivity contribution in [2.24, 2.45) is 17.8 Å². The van der Waals surface area contributed by atoms with Crippen LogP contribution in [0.5, 0.6) is 0 Å². The lowest BCUT2D eigenvalue weighted by molar-refractivity contribution is 0.0505. The molecule has 8 heteroatoms. The summed E-state index contributed by atoms with van der Waals surface area (Å²) in [6.45, 7) is 13.2. The molecule has 1 saturated heterocycles. The average Bonchev–Trinajstić information content (AvgIpc) is 3.46. The van der Waals surface area contributed by atoms with Crippen LogP contribution in [0.2, 0.25) is 0 Å². The summed E-state index contributed by atoms with van der Waals surface area (Å²) in [4.78, 5) is 32.5. The highest BCUT2D eigenvalue weighted by molar-refractivity contribution is 5.93. The van der Waals surface area contributed by atoms with Crippen LogP contribution in [0.1, 0.15) is 95.7 Å². The molecule has 1 aliphatic carbocycles. The first kappa shape index (κ1) is 28.4. The quantitative estimate of drug-likeness (QED) is 0.457. The molecule has 2 aromatic heterocycles. The molecule has 8 nitrogen and oxygen atoms in total. The van der Waals surface area contributed by atoms with Gasteiger partial charge in [0.05, 0.1) is 5.69 Å². The van der Waals surface area contributed by atoms with E-state index in [4.69, 9.17) is 9.72 Å². The van der Waals surface area contributed by atoms with E-state index in [-0.39, 0.29) is 18.0 Å². The van der Waals surface area contributed by atoms with E-state index in [9.17, 15) is 9.59 Å². The zero-order chi connectivity index (χ0) is 27.3. The van der Waals surface area contributed by atoms with Gasteiger partial charge in [-0.3, -0.25) is 14.1 Å². The molecule has 0 radical (unpaired) electrons. The van der Waals surface area contributed by atoms with Crippen molar-refractivity contribution in [2.75, 3.05) is 19.6 Å². The Morgan fingerprint density at radius 1 is 1.13 bits per heavy atom. The second kappa shape index (κ2) is 12.5. The van der Waals surface area contributed by atoms with Gasteiger partial charge >= 0.3 is 6.09 Å². The van der Waals surface area contributed by atoms with Crippen LogP contribution in [0.4, 0.5) is 4.79 Å². The Hall–Kier alpha value is -2.61. The number of pyridine rings is 1. The molecule has 210 valence electrons. The highest BCUT2D eigenvalue weighted by Crippen LogP contribution is 2.33. The normalized spacial score (nSPS) is 20.1. The predicted octanol–water partition coefficient (Wildman–Crippen LogP) is 5.41. The molecule has 38 heavy (non-hydrogen) atoms. The van der Waals surface area contributed by atoms with E-state index in [1.165, 1.54) is 32.1 Å². The number of nitrogens with zero attached hydrogens (tertiary/aromatic N) is 3. The van der Waals surface area contributed by atoms with Crippen molar-refractivity contribution in [3.8, 4) is 0 Å². The van der Waals surface area contributed by atoms with Crippen LogP contribution in [0.15, 0.2) is 24.4 Å². The largest absolute Gasteiger partial charge is 0.444 e. The highest BCUT2D eigenvalue weighted by Gasteiger charge is 2.28. The van der Waals surface area contributed by atoms with Gasteiger partial charge in [0.1, 0.15) is 16.9 Å². The molecule has 2 fully saturated rings. The zero-order valence-corrected chi connectivity index (χ0v) is 24.0. The third kappa shape index (κ3) is 7.95. The van der Waals surface area contributed by atoms with Gasteiger partial charge in [-0.05, 0) is 63.5 Å². The van der Waals surface area contributed by atoms with Gasteiger partial charge in [-0.15, -0.1) is 0 Å². The van der Waals surface area contributed by atoms with Crippen LogP contribution in [0, 0.1) is 17.8 Å². The summed E-state index contributed by atoms with van der Waals surface area (Å²) in [6, 6.07) is 5.79. The van der Waals surface area contributed by atoms with Crippen LogP contribution >= 0.6 is 0 Å². The van der Waals surface area contributed by atoms with Crippen LogP contribution in [-0.4, -0.2) is 57.6 Å². The van der Waals surface area contributed by atoms with Crippen molar-refractivity contribution in [2.45, 2.75) is 97.8 Å². The fourth-order valence-corrected chi connectivity index (χ4v) is 6.09. The van der Waals surface area contributed by atoms with E-state index in [0.717, 1.165) is 49.7 Å². The molecule has 0 spiro atoms. The van der Waals surface area contributed by atoms with Crippen LogP contribution in [0.25, 0.3) is 5.65 Å². The minimum Gasteiger partial charge on any atom is -0.444 e. The van der Waals surface area contributed by atoms with Gasteiger partial charge < -0.3 is 15.4 Å². The summed E-state index contributed by atoms with van der Waals surface area (Å²) >= 11 is 0. The standard InChI is InChI=1S/C30H47N5O3/c1-21(2)16-23(22-10-7-6-8-11-22)17-31-28(36)26-12-9-13-27-32-25(20-35(26)27)19-34-15-14-24(18-34)33-29(37)38-30(3,4)5/h9,12-13,20-24H,6-8,10-11,14-19H2,1-5H3,(H,31,36)(H,33,37). The molecule has 2 aliphatic rings. The highest BCUT2D eigenvalue weighted by atomic mass is 16.6. The van der Waals surface area contributed by atoms with Crippen LogP contribution in [-0.2, 0) is 11.3 Å². The number of fused-ring (bicyclic) bond motifs is 1. The van der Waals surface area contributed by atoms with E-state index in [1.807, 2.05) is 49.6 Å². The Bertz CT molecular complexity index is 1080. The first-order valence-electron chi connectivity index (χ1n) is 14.5. The summed E-state index contributed by atoms with van der Waals surface area (Å²) < 4.78 is 7.31. The van der Waals surface area contributed by atoms with Gasteiger partial charge in [0.25, 0.3) is 5.91 Å². The first-order valence-corrected chi connectivity index (χ1v) is 14.5. The van der Waals surface area contributed by atoms with Crippen LogP contribution < -0.4 is 10.6 Å². The van der Waals surface area contributed by atoms with Crippen molar-refractivity contribution in [1.29, 1.82) is 0 Å². The lowest BCUT2D eigenvalue weighted by atomic mass is 9.76. The summed E-state index contributed by atoms with van der Waals surface area (Å²) in [5, 5.41) is 6.24. The van der Waals surface area contributed by atoms with Gasteiger partial charge in [0, 0.05) is 38.4 Å². The molecule has 0 bridgehead atoms. The summed E-state index contributed by atoms with van der Waals surface area (Å²) in [5.74, 6) is 1.85. The summed E-state index contributed by atoms with van der Waals surface area (Å²) in [5.41, 5.74) is 1.82. The number of aromatic nitrogens is 2. The maximum Gasteiger partial charge on any atom is 0.407 e. The third-order valence-electron chi connectivity index (χ3n) is 7.77. The number of ether oxygens (including phenoxy) is 1. The van der Waals surface area contributed by atoms with Gasteiger partial charge in [0.2, 0.25) is 0 Å². The second-order valence-electron chi connectivity index (χ2n) is 12.7. The van der Waals surface area contributed by atoms with E-state index < -0.39 is 5.60 Å². The molecule has 2 unspecified atom stereocenters. The summed E-state index contributed by atoms with van der Waals surface area (Å²) in [7, 11) is 0. The molecule has 4 rings (SSSR count). The Balaban J connectivity index is 1.36. The fraction of sp³-hybridized carbons (Fsp3) is 0.700. The number of carbonyl (C=O) groups excluding carboxylic acids is 2. The van der Waals surface area contributed by atoms with Gasteiger partial charge in [0.15, 0.2) is 0 Å². The number of alkyl carbamates (subject to hydrolysis) is 1. The number of carbonyl (C=O) groups is 2. The molecule has 1 saturated carbocycles. The minimum atomic E-state index is -0.506. The molecule has 1 aliphatic heterocycles. The number of nitrogens with one attached hydrogen (secondary N) is 2. The molecule has 2 N–H and O–H groups in total. The molecule has 2 aromatic rings. The molecule has 3 heterocycles. The molecular weight excluding hydrogens is 478 g/mol. The SMILES string of the molecule is CC(C)CC(CNC(=O)c1cccc2nc(CN3CCC(NC(=O)OC(C)(C)C)C3)cn12)C1CCCCC1. The zero-order valence-electron chi connectivity index (χ0n) is 24.0. The van der Waals surface area contributed by atoms with E-state index in [2.05, 4.69) is 29.4 Å². The van der Waals surface area contributed by atoms with Gasteiger partial charge in [-0.1, -0.05) is 52.0 Å². The molecular formula is C30H47N5O3. The third-order valence-corrected chi connectivity index (χ3v) is 7.77. The lowest BCUT2D eigenvalue weighted by Crippen LogP contribution is -2.40. The van der Waals surface area contributed by atoms with E-state index in [0.29, 0.717) is 24.1 Å². The predicted molar refractivity (Wildman–Crippen MR) is 150 cm³/mol. The van der Waals surface area contributed by atoms with E-state index >= 15 is 0 Å². The number of amides is 2. The van der Waals surface area contributed by atoms with Crippen molar-refractivity contribution < 1.29 is 14.3 Å². The Morgan fingerprint density at radius 2 is 1.89 bits per heavy atom. The van der Waals surface area contributed by atoms with E-state index in [1.54, 1.807) is 0 Å². The number of imidazole rings is 1. The Labute approximate surface area is 227 Å². The molecule has 2 amide bonds. The Morgan fingerprint density at radius 3 is 2.61 bits per heavy atom. The van der Waals surface area contributed by atoms with Crippen molar-refractivity contribution in [3.05, 3.63) is 35.8 Å². The maximum atomic E-state index is 13.3. The number of hydrogen-bond acceptors (Lipinski definition) is 5. The monoisotopic (exact) mass is 525 g/mol. The maximum absolute atomic E-state index is 13.3. The smallest absolute Gasteiger partial charge is 0.407 e. The van der Waals surface area contributed by atoms with Gasteiger partial charge in [-0.2, -0.15) is 0 Å². The van der Waals surface area contributed by atoms with Crippen LogP contribution in [0.3, 0.4) is 0 Å². The summed E-state index contributed by atoms with van der Waals surface area (Å²) in [6.07, 6.45) is 10.2. The Kier molecular flexibility index (Phi) is 9.34. The second-order valence-corrected chi connectivity index (χ2v) is 12.7. The topological polar surface area (TPSA) is 88.0 Å². The lowest BCUT2D eigenvalue weighted by Gasteiger charge is -2.31. The average molecular weight is 526 g/mol. The minimum absolute atomic E-state index is 0.0353. The number of likely N-dealkylation sites (tertiary alicyclic amines) is 1. The number of rotatable bonds is 9. The van der Waals surface area contributed by atoms with Gasteiger partial charge in [-0.25, -0.2) is 9.78 Å². The molecule has 0 aromatic carbocycles. The first-order chi connectivity index (χ1) is 18.1. The number of hydrogen-bond donors (Lipinski definition) is 2. The van der Waals surface area contributed by atoms with Crippen molar-refractivity contribution in [3.63, 3.8) is 0 Å². The van der Waals surface area contributed by atoms with Crippen molar-refractivity contribution >= 4 is 17.6 Å². The van der Waals surface area contributed by atoms with Crippen molar-refractivity contribution in [1.82, 2.24) is 24.9 Å². The fourth-order valence-electron chi connectivity index (χ4n) is 6.09.